The van der Waals surface area contributed by atoms with Crippen LogP contribution in [0, 0.1) is 0 Å². The fourth-order valence-electron chi connectivity index (χ4n) is 2.50. The lowest BCUT2D eigenvalue weighted by atomic mass is 10.2. The van der Waals surface area contributed by atoms with Crippen molar-refractivity contribution in [1.29, 1.82) is 0 Å². The van der Waals surface area contributed by atoms with Gasteiger partial charge in [0.15, 0.2) is 0 Å². The van der Waals surface area contributed by atoms with Crippen LogP contribution in [0.4, 0.5) is 4.79 Å². The zero-order chi connectivity index (χ0) is 18.8. The maximum Gasteiger partial charge on any atom is 0.410 e. The van der Waals surface area contributed by atoms with Gasteiger partial charge in [-0.05, 0) is 51.0 Å². The van der Waals surface area contributed by atoms with Crippen molar-refractivity contribution < 1.29 is 17.9 Å². The van der Waals surface area contributed by atoms with E-state index in [1.54, 1.807) is 32.9 Å². The Bertz CT molecular complexity index is 747. The molecule has 0 aliphatic carbocycles. The molecule has 0 bridgehead atoms. The Balaban J connectivity index is 1.95. The molecule has 2 rings (SSSR count). The van der Waals surface area contributed by atoms with E-state index < -0.39 is 21.7 Å². The van der Waals surface area contributed by atoms with Crippen LogP contribution in [-0.2, 0) is 20.5 Å². The second-order valence-corrected chi connectivity index (χ2v) is 9.62. The number of nitrogens with zero attached hydrogens (tertiary/aromatic N) is 1. The van der Waals surface area contributed by atoms with E-state index in [2.05, 4.69) is 4.72 Å². The van der Waals surface area contributed by atoms with E-state index in [0.29, 0.717) is 28.6 Å². The number of halogens is 2. The van der Waals surface area contributed by atoms with Crippen molar-refractivity contribution in [3.05, 3.63) is 33.8 Å². The molecular formula is C16H22Cl2N2O4S. The standard InChI is InChI=1S/C16H22Cl2N2O4S/c1-16(2,3)24-15(21)20-7-6-13(9-20)19-25(22,23)10-11-8-12(17)4-5-14(11)18/h4-5,8,13,19H,6-7,9-10H2,1-3H3. The summed E-state index contributed by atoms with van der Waals surface area (Å²) in [6, 6.07) is 4.35. The number of amides is 1. The summed E-state index contributed by atoms with van der Waals surface area (Å²) in [6.45, 7) is 6.08. The zero-order valence-electron chi connectivity index (χ0n) is 14.4. The van der Waals surface area contributed by atoms with Crippen molar-refractivity contribution in [3.8, 4) is 0 Å². The van der Waals surface area contributed by atoms with E-state index >= 15 is 0 Å². The number of carbonyl (C=O) groups is 1. The molecule has 1 saturated heterocycles. The van der Waals surface area contributed by atoms with E-state index in [4.69, 9.17) is 27.9 Å². The molecule has 1 amide bonds. The predicted octanol–water partition coefficient (Wildman–Crippen LogP) is 3.42. The Morgan fingerprint density at radius 2 is 2.04 bits per heavy atom. The van der Waals surface area contributed by atoms with Crippen LogP contribution in [0.3, 0.4) is 0 Å². The summed E-state index contributed by atoms with van der Waals surface area (Å²) in [6.07, 6.45) is 0.0916. The molecule has 1 aromatic rings. The van der Waals surface area contributed by atoms with Gasteiger partial charge in [-0.2, -0.15) is 0 Å². The minimum atomic E-state index is -3.61. The first-order valence-electron chi connectivity index (χ1n) is 7.87. The van der Waals surface area contributed by atoms with Crippen LogP contribution in [0.25, 0.3) is 0 Å². The van der Waals surface area contributed by atoms with E-state index in [0.717, 1.165) is 0 Å². The lowest BCUT2D eigenvalue weighted by Gasteiger charge is -2.24. The van der Waals surface area contributed by atoms with E-state index in [1.165, 1.54) is 11.0 Å². The largest absolute Gasteiger partial charge is 0.444 e. The van der Waals surface area contributed by atoms with Crippen LogP contribution in [0.5, 0.6) is 0 Å². The Hall–Kier alpha value is -1.02. The van der Waals surface area contributed by atoms with E-state index in [9.17, 15) is 13.2 Å². The van der Waals surface area contributed by atoms with Gasteiger partial charge in [0.2, 0.25) is 10.0 Å². The van der Waals surface area contributed by atoms with Crippen molar-refractivity contribution in [2.45, 2.75) is 44.6 Å². The summed E-state index contributed by atoms with van der Waals surface area (Å²) in [7, 11) is -3.61. The van der Waals surface area contributed by atoms with Crippen LogP contribution in [-0.4, -0.2) is 44.1 Å². The van der Waals surface area contributed by atoms with Crippen LogP contribution in [0.2, 0.25) is 10.0 Å². The van der Waals surface area contributed by atoms with E-state index in [1.807, 2.05) is 0 Å². The Morgan fingerprint density at radius 1 is 1.36 bits per heavy atom. The molecular weight excluding hydrogens is 387 g/mol. The molecule has 1 aromatic carbocycles. The van der Waals surface area contributed by atoms with Gasteiger partial charge in [-0.3, -0.25) is 0 Å². The molecule has 0 radical (unpaired) electrons. The molecule has 1 heterocycles. The van der Waals surface area contributed by atoms with Crippen molar-refractivity contribution in [2.75, 3.05) is 13.1 Å². The second-order valence-electron chi connectivity index (χ2n) is 7.02. The van der Waals surface area contributed by atoms with Crippen molar-refractivity contribution in [2.24, 2.45) is 0 Å². The highest BCUT2D eigenvalue weighted by atomic mass is 35.5. The number of benzene rings is 1. The van der Waals surface area contributed by atoms with Crippen LogP contribution in [0.15, 0.2) is 18.2 Å². The summed E-state index contributed by atoms with van der Waals surface area (Å²) in [4.78, 5) is 13.5. The average Bonchev–Trinajstić information content (AvgIpc) is 2.88. The third-order valence-corrected chi connectivity index (χ3v) is 5.53. The molecule has 6 nitrogen and oxygen atoms in total. The lowest BCUT2D eigenvalue weighted by Crippen LogP contribution is -2.40. The minimum absolute atomic E-state index is 0.269. The molecule has 0 spiro atoms. The van der Waals surface area contributed by atoms with Crippen LogP contribution in [0.1, 0.15) is 32.8 Å². The highest BCUT2D eigenvalue weighted by molar-refractivity contribution is 7.88. The Labute approximate surface area is 158 Å². The molecule has 1 fully saturated rings. The lowest BCUT2D eigenvalue weighted by molar-refractivity contribution is 0.0292. The van der Waals surface area contributed by atoms with Gasteiger partial charge in [0.1, 0.15) is 5.60 Å². The number of rotatable bonds is 4. The van der Waals surface area contributed by atoms with Crippen LogP contribution >= 0.6 is 23.2 Å². The summed E-state index contributed by atoms with van der Waals surface area (Å²) < 4.78 is 32.7. The predicted molar refractivity (Wildman–Crippen MR) is 98.4 cm³/mol. The summed E-state index contributed by atoms with van der Waals surface area (Å²) in [5, 5.41) is 0.767. The maximum absolute atomic E-state index is 12.4. The first kappa shape index (κ1) is 20.3. The smallest absolute Gasteiger partial charge is 0.410 e. The minimum Gasteiger partial charge on any atom is -0.444 e. The van der Waals surface area contributed by atoms with Gasteiger partial charge < -0.3 is 9.64 Å². The summed E-state index contributed by atoms with van der Waals surface area (Å²) in [5.41, 5.74) is -0.151. The van der Waals surface area contributed by atoms with Crippen molar-refractivity contribution >= 4 is 39.3 Å². The number of hydrogen-bond acceptors (Lipinski definition) is 4. The first-order valence-corrected chi connectivity index (χ1v) is 10.3. The highest BCUT2D eigenvalue weighted by Crippen LogP contribution is 2.23. The SMILES string of the molecule is CC(C)(C)OC(=O)N1CCC(NS(=O)(=O)Cc2cc(Cl)ccc2Cl)C1. The third-order valence-electron chi connectivity index (χ3n) is 3.54. The number of hydrogen-bond donors (Lipinski definition) is 1. The molecule has 9 heteroatoms. The van der Waals surface area contributed by atoms with Crippen LogP contribution < -0.4 is 4.72 Å². The highest BCUT2D eigenvalue weighted by Gasteiger charge is 2.32. The Kier molecular flexibility index (Phi) is 6.25. The number of nitrogens with one attached hydrogen (secondary N) is 1. The third kappa shape index (κ3) is 6.33. The van der Waals surface area contributed by atoms with Gasteiger partial charge in [-0.1, -0.05) is 23.2 Å². The molecule has 0 aromatic heterocycles. The maximum atomic E-state index is 12.4. The van der Waals surface area contributed by atoms with Crippen molar-refractivity contribution in [3.63, 3.8) is 0 Å². The molecule has 1 aliphatic heterocycles. The number of ether oxygens (including phenoxy) is 1. The normalized spacial score (nSPS) is 18.4. The number of carbonyl (C=O) groups excluding carboxylic acids is 1. The Morgan fingerprint density at radius 3 is 2.68 bits per heavy atom. The average molecular weight is 409 g/mol. The molecule has 140 valence electrons. The van der Waals surface area contributed by atoms with Crippen molar-refractivity contribution in [1.82, 2.24) is 9.62 Å². The fraction of sp³-hybridized carbons (Fsp3) is 0.562. The summed E-state index contributed by atoms with van der Waals surface area (Å²) >= 11 is 11.9. The zero-order valence-corrected chi connectivity index (χ0v) is 16.7. The fourth-order valence-corrected chi connectivity index (χ4v) is 4.39. The van der Waals surface area contributed by atoms with Gasteiger partial charge >= 0.3 is 6.09 Å². The molecule has 25 heavy (non-hydrogen) atoms. The van der Waals surface area contributed by atoms with Gasteiger partial charge in [-0.25, -0.2) is 17.9 Å². The van der Waals surface area contributed by atoms with E-state index in [-0.39, 0.29) is 18.3 Å². The second kappa shape index (κ2) is 7.70. The topological polar surface area (TPSA) is 75.7 Å². The van der Waals surface area contributed by atoms with Gasteiger partial charge in [0.05, 0.1) is 5.75 Å². The number of sulfonamides is 1. The molecule has 1 atom stereocenters. The monoisotopic (exact) mass is 408 g/mol. The molecule has 0 saturated carbocycles. The first-order chi connectivity index (χ1) is 11.5. The van der Waals surface area contributed by atoms with Gasteiger partial charge in [0, 0.05) is 29.2 Å². The van der Waals surface area contributed by atoms with Gasteiger partial charge in [0.25, 0.3) is 0 Å². The molecule has 1 N–H and O–H groups in total. The van der Waals surface area contributed by atoms with Gasteiger partial charge in [-0.15, -0.1) is 0 Å². The molecule has 1 unspecified atom stereocenters. The quantitative estimate of drug-likeness (QED) is 0.827. The number of likely N-dealkylation sites (tertiary alicyclic amines) is 1. The summed E-state index contributed by atoms with van der Waals surface area (Å²) in [5.74, 6) is -0.269. The molecule has 1 aliphatic rings.